The Bertz CT molecular complexity index is 759. The van der Waals surface area contributed by atoms with Crippen LogP contribution in [0.4, 0.5) is 0 Å². The highest BCUT2D eigenvalue weighted by Crippen LogP contribution is 2.26. The molecule has 144 valence electrons. The molecular weight excluding hydrogens is 340 g/mol. The topological polar surface area (TPSA) is 58.6 Å². The molecule has 5 nitrogen and oxygen atoms in total. The van der Waals surface area contributed by atoms with Crippen LogP contribution in [0.25, 0.3) is 0 Å². The van der Waals surface area contributed by atoms with Gasteiger partial charge in [0.25, 0.3) is 5.91 Å². The SMILES string of the molecule is CNC(=O)[C@@H](C)N(Cc1ccccc1)C(=O)COc1ccccc1C(C)C. The van der Waals surface area contributed by atoms with Crippen molar-refractivity contribution in [2.45, 2.75) is 39.3 Å². The molecule has 0 saturated heterocycles. The normalized spacial score (nSPS) is 11.7. The van der Waals surface area contributed by atoms with Gasteiger partial charge in [-0.15, -0.1) is 0 Å². The number of nitrogens with one attached hydrogen (secondary N) is 1. The second kappa shape index (κ2) is 9.76. The molecule has 2 aromatic carbocycles. The summed E-state index contributed by atoms with van der Waals surface area (Å²) in [5, 5.41) is 2.61. The van der Waals surface area contributed by atoms with E-state index in [0.29, 0.717) is 18.2 Å². The lowest BCUT2D eigenvalue weighted by atomic mass is 10.0. The van der Waals surface area contributed by atoms with Crippen LogP contribution in [0.5, 0.6) is 5.75 Å². The number of hydrogen-bond acceptors (Lipinski definition) is 3. The van der Waals surface area contributed by atoms with Gasteiger partial charge in [0.2, 0.25) is 5.91 Å². The van der Waals surface area contributed by atoms with E-state index in [2.05, 4.69) is 19.2 Å². The summed E-state index contributed by atoms with van der Waals surface area (Å²) in [5.41, 5.74) is 2.02. The van der Waals surface area contributed by atoms with Crippen LogP contribution in [0.15, 0.2) is 54.6 Å². The predicted octanol–water partition coefficient (Wildman–Crippen LogP) is 3.35. The van der Waals surface area contributed by atoms with Crippen LogP contribution in [0, 0.1) is 0 Å². The van der Waals surface area contributed by atoms with Crippen molar-refractivity contribution in [2.75, 3.05) is 13.7 Å². The van der Waals surface area contributed by atoms with E-state index in [1.54, 1.807) is 18.9 Å². The zero-order valence-corrected chi connectivity index (χ0v) is 16.4. The van der Waals surface area contributed by atoms with Crippen LogP contribution < -0.4 is 10.1 Å². The van der Waals surface area contributed by atoms with Gasteiger partial charge in [-0.05, 0) is 30.0 Å². The molecule has 2 amide bonds. The van der Waals surface area contributed by atoms with Crippen LogP contribution >= 0.6 is 0 Å². The number of benzene rings is 2. The fourth-order valence-corrected chi connectivity index (χ4v) is 2.88. The second-order valence-corrected chi connectivity index (χ2v) is 6.78. The van der Waals surface area contributed by atoms with Gasteiger partial charge in [0, 0.05) is 13.6 Å². The lowest BCUT2D eigenvalue weighted by molar-refractivity contribution is -0.142. The van der Waals surface area contributed by atoms with Gasteiger partial charge in [0.05, 0.1) is 0 Å². The summed E-state index contributed by atoms with van der Waals surface area (Å²) >= 11 is 0. The number of nitrogens with zero attached hydrogens (tertiary/aromatic N) is 1. The first-order chi connectivity index (χ1) is 12.9. The van der Waals surface area contributed by atoms with Crippen molar-refractivity contribution in [1.29, 1.82) is 0 Å². The fourth-order valence-electron chi connectivity index (χ4n) is 2.88. The Morgan fingerprint density at radius 2 is 1.63 bits per heavy atom. The first kappa shape index (κ1) is 20.5. The molecule has 1 atom stereocenters. The van der Waals surface area contributed by atoms with Crippen molar-refractivity contribution < 1.29 is 14.3 Å². The smallest absolute Gasteiger partial charge is 0.261 e. The maximum absolute atomic E-state index is 12.9. The Hall–Kier alpha value is -2.82. The summed E-state index contributed by atoms with van der Waals surface area (Å²) < 4.78 is 5.82. The molecule has 5 heteroatoms. The number of hydrogen-bond donors (Lipinski definition) is 1. The summed E-state index contributed by atoms with van der Waals surface area (Å²) in [5.74, 6) is 0.560. The van der Waals surface area contributed by atoms with E-state index < -0.39 is 6.04 Å². The molecule has 0 aliphatic rings. The highest BCUT2D eigenvalue weighted by Gasteiger charge is 2.26. The van der Waals surface area contributed by atoms with E-state index in [9.17, 15) is 9.59 Å². The van der Waals surface area contributed by atoms with Crippen LogP contribution in [0.1, 0.15) is 37.8 Å². The van der Waals surface area contributed by atoms with E-state index in [1.165, 1.54) is 0 Å². The highest BCUT2D eigenvalue weighted by molar-refractivity contribution is 5.87. The van der Waals surface area contributed by atoms with Gasteiger partial charge in [0.1, 0.15) is 11.8 Å². The quantitative estimate of drug-likeness (QED) is 0.777. The number of rotatable bonds is 8. The molecule has 0 unspecified atom stereocenters. The molecule has 0 heterocycles. The predicted molar refractivity (Wildman–Crippen MR) is 107 cm³/mol. The molecule has 1 N–H and O–H groups in total. The largest absolute Gasteiger partial charge is 0.483 e. The first-order valence-electron chi connectivity index (χ1n) is 9.20. The highest BCUT2D eigenvalue weighted by atomic mass is 16.5. The lowest BCUT2D eigenvalue weighted by Crippen LogP contribution is -2.48. The molecule has 0 spiro atoms. The second-order valence-electron chi connectivity index (χ2n) is 6.78. The first-order valence-corrected chi connectivity index (χ1v) is 9.20. The summed E-state index contributed by atoms with van der Waals surface area (Å²) in [6.45, 7) is 6.13. The minimum absolute atomic E-state index is 0.113. The van der Waals surface area contributed by atoms with Gasteiger partial charge in [-0.2, -0.15) is 0 Å². The van der Waals surface area contributed by atoms with E-state index in [4.69, 9.17) is 4.74 Å². The van der Waals surface area contributed by atoms with Crippen LogP contribution in [-0.2, 0) is 16.1 Å². The number of amides is 2. The third kappa shape index (κ3) is 5.58. The van der Waals surface area contributed by atoms with Crippen LogP contribution in [0.3, 0.4) is 0 Å². The molecule has 0 bridgehead atoms. The Kier molecular flexibility index (Phi) is 7.41. The molecule has 0 aliphatic heterocycles. The molecule has 0 saturated carbocycles. The van der Waals surface area contributed by atoms with E-state index in [1.807, 2.05) is 54.6 Å². The van der Waals surface area contributed by atoms with E-state index in [0.717, 1.165) is 11.1 Å². The van der Waals surface area contributed by atoms with Crippen LogP contribution in [-0.4, -0.2) is 36.4 Å². The third-order valence-corrected chi connectivity index (χ3v) is 4.50. The van der Waals surface area contributed by atoms with Gasteiger partial charge in [-0.1, -0.05) is 62.4 Å². The lowest BCUT2D eigenvalue weighted by Gasteiger charge is -2.28. The maximum Gasteiger partial charge on any atom is 0.261 e. The van der Waals surface area contributed by atoms with E-state index in [-0.39, 0.29) is 18.4 Å². The monoisotopic (exact) mass is 368 g/mol. The van der Waals surface area contributed by atoms with Gasteiger partial charge in [-0.3, -0.25) is 9.59 Å². The van der Waals surface area contributed by atoms with Crippen molar-refractivity contribution in [3.8, 4) is 5.75 Å². The molecule has 0 aliphatic carbocycles. The van der Waals surface area contributed by atoms with Crippen LogP contribution in [0.2, 0.25) is 0 Å². The fraction of sp³-hybridized carbons (Fsp3) is 0.364. The molecule has 27 heavy (non-hydrogen) atoms. The Balaban J connectivity index is 2.15. The molecule has 0 aromatic heterocycles. The van der Waals surface area contributed by atoms with E-state index >= 15 is 0 Å². The molecule has 2 rings (SSSR count). The molecule has 2 aromatic rings. The van der Waals surface area contributed by atoms with Gasteiger partial charge in [-0.25, -0.2) is 0 Å². The average molecular weight is 368 g/mol. The molecule has 0 fully saturated rings. The Labute approximate surface area is 161 Å². The molecule has 0 radical (unpaired) electrons. The third-order valence-electron chi connectivity index (χ3n) is 4.50. The zero-order chi connectivity index (χ0) is 19.8. The number of para-hydroxylation sites is 1. The van der Waals surface area contributed by atoms with Gasteiger partial charge < -0.3 is 15.0 Å². The van der Waals surface area contributed by atoms with Crippen molar-refractivity contribution in [2.24, 2.45) is 0 Å². The Morgan fingerprint density at radius 1 is 1.00 bits per heavy atom. The minimum atomic E-state index is -0.591. The minimum Gasteiger partial charge on any atom is -0.483 e. The number of ether oxygens (including phenoxy) is 1. The zero-order valence-electron chi connectivity index (χ0n) is 16.4. The summed E-state index contributed by atoms with van der Waals surface area (Å²) in [6.07, 6.45) is 0. The molecular formula is C22H28N2O3. The number of carbonyl (C=O) groups is 2. The van der Waals surface area contributed by atoms with Crippen molar-refractivity contribution >= 4 is 11.8 Å². The van der Waals surface area contributed by atoms with Crippen molar-refractivity contribution in [3.05, 3.63) is 65.7 Å². The number of carbonyl (C=O) groups excluding carboxylic acids is 2. The van der Waals surface area contributed by atoms with Crippen molar-refractivity contribution in [1.82, 2.24) is 10.2 Å². The summed E-state index contributed by atoms with van der Waals surface area (Å²) in [7, 11) is 1.57. The van der Waals surface area contributed by atoms with Crippen molar-refractivity contribution in [3.63, 3.8) is 0 Å². The Morgan fingerprint density at radius 3 is 2.26 bits per heavy atom. The summed E-state index contributed by atoms with van der Waals surface area (Å²) in [6, 6.07) is 16.7. The summed E-state index contributed by atoms with van der Waals surface area (Å²) in [4.78, 5) is 26.6. The standard InChI is InChI=1S/C22H28N2O3/c1-16(2)19-12-8-9-13-20(19)27-15-21(25)24(17(3)22(26)23-4)14-18-10-6-5-7-11-18/h5-13,16-17H,14-15H2,1-4H3,(H,23,26)/t17-/m1/s1. The van der Waals surface area contributed by atoms with Gasteiger partial charge in [0.15, 0.2) is 6.61 Å². The van der Waals surface area contributed by atoms with Gasteiger partial charge >= 0.3 is 0 Å². The maximum atomic E-state index is 12.9. The average Bonchev–Trinajstić information content (AvgIpc) is 2.70. The number of likely N-dealkylation sites (N-methyl/N-ethyl adjacent to an activating group) is 1.